The molecule has 0 aromatic heterocycles. The van der Waals surface area contributed by atoms with E-state index in [0.29, 0.717) is 21.2 Å². The average molecular weight is 481 g/mol. The third-order valence-corrected chi connectivity index (χ3v) is 5.31. The van der Waals surface area contributed by atoms with E-state index in [-0.39, 0.29) is 5.70 Å². The van der Waals surface area contributed by atoms with Crippen LogP contribution in [0.15, 0.2) is 83.6 Å². The molecular weight excluding hydrogens is 459 g/mol. The highest BCUT2D eigenvalue weighted by molar-refractivity contribution is 6.42. The molecule has 3 rings (SSSR count). The van der Waals surface area contributed by atoms with Crippen molar-refractivity contribution in [2.75, 3.05) is 19.0 Å². The molecule has 0 heterocycles. The Bertz CT molecular complexity index is 1190. The maximum atomic E-state index is 12.8. The topological polar surface area (TPSA) is 73.8 Å². The smallest absolute Gasteiger partial charge is 0.287 e. The van der Waals surface area contributed by atoms with Crippen LogP contribution in [-0.4, -0.2) is 32.1 Å². The summed E-state index contributed by atoms with van der Waals surface area (Å²) in [6, 6.07) is 21.2. The first-order valence-electron chi connectivity index (χ1n) is 9.97. The Labute approximate surface area is 202 Å². The summed E-state index contributed by atoms with van der Waals surface area (Å²) in [6.07, 6.45) is 3.02. The molecule has 0 aliphatic rings. The van der Waals surface area contributed by atoms with Crippen molar-refractivity contribution in [1.29, 1.82) is 0 Å². The number of nitrogens with one attached hydrogen (secondary N) is 2. The Morgan fingerprint density at radius 1 is 0.879 bits per heavy atom. The first kappa shape index (κ1) is 24.0. The maximum absolute atomic E-state index is 12.8. The summed E-state index contributed by atoms with van der Waals surface area (Å²) < 4.78 is 0. The Morgan fingerprint density at radius 3 is 2.18 bits per heavy atom. The number of benzene rings is 3. The van der Waals surface area contributed by atoms with Gasteiger partial charge in [0.15, 0.2) is 0 Å². The molecule has 2 N–H and O–H groups in total. The van der Waals surface area contributed by atoms with Crippen LogP contribution in [0.4, 0.5) is 5.69 Å². The number of rotatable bonds is 7. The number of hydrazone groups is 1. The fourth-order valence-corrected chi connectivity index (χ4v) is 3.10. The van der Waals surface area contributed by atoms with Crippen molar-refractivity contribution in [3.8, 4) is 0 Å². The van der Waals surface area contributed by atoms with E-state index in [9.17, 15) is 9.59 Å². The fraction of sp³-hybridized carbons (Fsp3) is 0.0800. The molecule has 8 heteroatoms. The lowest BCUT2D eigenvalue weighted by Crippen LogP contribution is -2.32. The number of hydrogen-bond acceptors (Lipinski definition) is 4. The van der Waals surface area contributed by atoms with Crippen LogP contribution >= 0.6 is 23.2 Å². The molecule has 0 bridgehead atoms. The van der Waals surface area contributed by atoms with Crippen LogP contribution < -0.4 is 15.6 Å². The summed E-state index contributed by atoms with van der Waals surface area (Å²) in [4.78, 5) is 27.5. The van der Waals surface area contributed by atoms with Crippen molar-refractivity contribution in [3.05, 3.63) is 105 Å². The van der Waals surface area contributed by atoms with Crippen molar-refractivity contribution in [1.82, 2.24) is 10.7 Å². The SMILES string of the molecule is CN(C)c1ccc(/C=C(/NC(=O)c2ccccc2)C(=O)N/N=C/c2ccc(Cl)c(Cl)c2)cc1. The number of carbonyl (C=O) groups excluding carboxylic acids is 2. The second kappa shape index (κ2) is 11.3. The Morgan fingerprint density at radius 2 is 1.55 bits per heavy atom. The van der Waals surface area contributed by atoms with E-state index in [0.717, 1.165) is 11.3 Å². The summed E-state index contributed by atoms with van der Waals surface area (Å²) in [7, 11) is 3.88. The van der Waals surface area contributed by atoms with Gasteiger partial charge in [0.25, 0.3) is 11.8 Å². The molecule has 0 aliphatic heterocycles. The molecule has 0 aliphatic carbocycles. The minimum atomic E-state index is -0.577. The van der Waals surface area contributed by atoms with Gasteiger partial charge >= 0.3 is 0 Å². The lowest BCUT2D eigenvalue weighted by atomic mass is 10.1. The van der Waals surface area contributed by atoms with Crippen LogP contribution in [0.1, 0.15) is 21.5 Å². The summed E-state index contributed by atoms with van der Waals surface area (Å²) in [5, 5.41) is 7.44. The molecule has 0 radical (unpaired) electrons. The lowest BCUT2D eigenvalue weighted by molar-refractivity contribution is -0.117. The predicted molar refractivity (Wildman–Crippen MR) is 135 cm³/mol. The Kier molecular flexibility index (Phi) is 8.24. The van der Waals surface area contributed by atoms with Crippen LogP contribution in [0.3, 0.4) is 0 Å². The molecule has 0 atom stereocenters. The largest absolute Gasteiger partial charge is 0.378 e. The number of amides is 2. The molecule has 0 saturated carbocycles. The second-order valence-electron chi connectivity index (χ2n) is 7.24. The van der Waals surface area contributed by atoms with Crippen molar-refractivity contribution >= 4 is 53.0 Å². The van der Waals surface area contributed by atoms with E-state index in [4.69, 9.17) is 23.2 Å². The van der Waals surface area contributed by atoms with Gasteiger partial charge in [0.05, 0.1) is 16.3 Å². The van der Waals surface area contributed by atoms with Crippen LogP contribution in [0.25, 0.3) is 6.08 Å². The van der Waals surface area contributed by atoms with E-state index >= 15 is 0 Å². The highest BCUT2D eigenvalue weighted by Crippen LogP contribution is 2.21. The monoisotopic (exact) mass is 480 g/mol. The van der Waals surface area contributed by atoms with Crippen molar-refractivity contribution < 1.29 is 9.59 Å². The van der Waals surface area contributed by atoms with Gasteiger partial charge in [0.2, 0.25) is 0 Å². The van der Waals surface area contributed by atoms with E-state index < -0.39 is 11.8 Å². The third-order valence-electron chi connectivity index (χ3n) is 4.57. The lowest BCUT2D eigenvalue weighted by Gasteiger charge is -2.12. The first-order chi connectivity index (χ1) is 15.8. The highest BCUT2D eigenvalue weighted by Gasteiger charge is 2.14. The van der Waals surface area contributed by atoms with E-state index in [2.05, 4.69) is 15.8 Å². The highest BCUT2D eigenvalue weighted by atomic mass is 35.5. The van der Waals surface area contributed by atoms with Crippen molar-refractivity contribution in [3.63, 3.8) is 0 Å². The molecule has 6 nitrogen and oxygen atoms in total. The molecule has 3 aromatic rings. The van der Waals surface area contributed by atoms with Crippen LogP contribution in [0.2, 0.25) is 10.0 Å². The van der Waals surface area contributed by atoms with Gasteiger partial charge in [-0.15, -0.1) is 0 Å². The van der Waals surface area contributed by atoms with Crippen molar-refractivity contribution in [2.45, 2.75) is 0 Å². The van der Waals surface area contributed by atoms with Crippen LogP contribution in [-0.2, 0) is 4.79 Å². The van der Waals surface area contributed by atoms with Gasteiger partial charge < -0.3 is 10.2 Å². The third kappa shape index (κ3) is 6.94. The van der Waals surface area contributed by atoms with Gasteiger partial charge in [-0.1, -0.05) is 59.6 Å². The van der Waals surface area contributed by atoms with Gasteiger partial charge in [0.1, 0.15) is 5.70 Å². The second-order valence-corrected chi connectivity index (χ2v) is 8.05. The minimum absolute atomic E-state index is 0.0488. The van der Waals surface area contributed by atoms with Gasteiger partial charge in [-0.2, -0.15) is 5.10 Å². The van der Waals surface area contributed by atoms with E-state index in [1.807, 2.05) is 49.3 Å². The number of carbonyl (C=O) groups is 2. The van der Waals surface area contributed by atoms with Crippen LogP contribution in [0.5, 0.6) is 0 Å². The average Bonchev–Trinajstić information content (AvgIpc) is 2.81. The van der Waals surface area contributed by atoms with Gasteiger partial charge in [-0.05, 0) is 53.6 Å². The van der Waals surface area contributed by atoms with Crippen molar-refractivity contribution in [2.24, 2.45) is 5.10 Å². The molecule has 2 amide bonds. The maximum Gasteiger partial charge on any atom is 0.287 e. The molecule has 168 valence electrons. The number of hydrogen-bond donors (Lipinski definition) is 2. The van der Waals surface area contributed by atoms with Gasteiger partial charge in [-0.3, -0.25) is 9.59 Å². The summed E-state index contributed by atoms with van der Waals surface area (Å²) >= 11 is 11.9. The number of anilines is 1. The first-order valence-corrected chi connectivity index (χ1v) is 10.7. The summed E-state index contributed by atoms with van der Waals surface area (Å²) in [6.45, 7) is 0. The summed E-state index contributed by atoms with van der Waals surface area (Å²) in [5.41, 5.74) is 5.32. The molecular formula is C25H22Cl2N4O2. The number of halogens is 2. The molecule has 0 fully saturated rings. The predicted octanol–water partition coefficient (Wildman–Crippen LogP) is 4.98. The molecule has 33 heavy (non-hydrogen) atoms. The van der Waals surface area contributed by atoms with E-state index in [1.165, 1.54) is 6.21 Å². The zero-order valence-electron chi connectivity index (χ0n) is 18.0. The van der Waals surface area contributed by atoms with Crippen LogP contribution in [0, 0.1) is 0 Å². The zero-order valence-corrected chi connectivity index (χ0v) is 19.6. The molecule has 0 unspecified atom stereocenters. The number of nitrogens with zero attached hydrogens (tertiary/aromatic N) is 2. The standard InChI is InChI=1S/C25H22Cl2N4O2/c1-31(2)20-11-8-17(9-12-20)15-23(29-24(32)19-6-4-3-5-7-19)25(33)30-28-16-18-10-13-21(26)22(27)14-18/h3-16H,1-2H3,(H,29,32)(H,30,33)/b23-15+,28-16+. The quantitative estimate of drug-likeness (QED) is 0.284. The van der Waals surface area contributed by atoms with E-state index in [1.54, 1.807) is 48.5 Å². The molecule has 0 spiro atoms. The normalized spacial score (nSPS) is 11.3. The van der Waals surface area contributed by atoms with Gasteiger partial charge in [0, 0.05) is 25.3 Å². The van der Waals surface area contributed by atoms with Gasteiger partial charge in [-0.25, -0.2) is 5.43 Å². The minimum Gasteiger partial charge on any atom is -0.378 e. The Hall–Kier alpha value is -3.61. The molecule has 0 saturated heterocycles. The zero-order chi connectivity index (χ0) is 23.8. The Balaban J connectivity index is 1.81. The molecule has 3 aromatic carbocycles. The fourth-order valence-electron chi connectivity index (χ4n) is 2.80. The summed E-state index contributed by atoms with van der Waals surface area (Å²) in [5.74, 6) is -0.984.